The zero-order valence-corrected chi connectivity index (χ0v) is 20.1. The van der Waals surface area contributed by atoms with E-state index in [1.807, 2.05) is 22.6 Å². The first-order chi connectivity index (χ1) is 15.7. The van der Waals surface area contributed by atoms with Gasteiger partial charge in [-0.3, -0.25) is 4.68 Å². The van der Waals surface area contributed by atoms with E-state index in [-0.39, 0.29) is 0 Å². The van der Waals surface area contributed by atoms with Crippen LogP contribution in [0.4, 0.5) is 17.6 Å². The third-order valence-electron chi connectivity index (χ3n) is 5.98. The van der Waals surface area contributed by atoms with Crippen molar-refractivity contribution < 1.29 is 0 Å². The summed E-state index contributed by atoms with van der Waals surface area (Å²) in [6.45, 7) is 7.59. The van der Waals surface area contributed by atoms with Gasteiger partial charge in [0.15, 0.2) is 0 Å². The van der Waals surface area contributed by atoms with Crippen LogP contribution < -0.4 is 20.9 Å². The molecule has 0 atom stereocenters. The monoisotopic (exact) mass is 460 g/mol. The maximum absolute atomic E-state index is 4.83. The smallest absolute Gasteiger partial charge is 0.226 e. The first-order valence-electron chi connectivity index (χ1n) is 11.6. The Morgan fingerprint density at radius 2 is 1.97 bits per heavy atom. The van der Waals surface area contributed by atoms with Crippen LogP contribution in [-0.2, 0) is 13.1 Å². The molecule has 3 N–H and O–H groups in total. The summed E-state index contributed by atoms with van der Waals surface area (Å²) in [6, 6.07) is 2.54. The van der Waals surface area contributed by atoms with Crippen molar-refractivity contribution in [3.63, 3.8) is 0 Å². The van der Waals surface area contributed by atoms with Gasteiger partial charge in [-0.2, -0.15) is 21.7 Å². The summed E-state index contributed by atoms with van der Waals surface area (Å²) in [7, 11) is 2.17. The number of nitrogens with one attached hydrogen (secondary N) is 3. The Labute approximate surface area is 194 Å². The number of piperidine rings is 1. The van der Waals surface area contributed by atoms with Crippen LogP contribution in [0.5, 0.6) is 0 Å². The molecule has 0 radical (unpaired) electrons. The van der Waals surface area contributed by atoms with Crippen LogP contribution in [0.1, 0.15) is 25.0 Å². The fraction of sp³-hybridized carbons (Fsp3) is 0.714. The molecule has 0 bridgehead atoms. The Hall–Kier alpha value is -2.11. The second-order valence-corrected chi connectivity index (χ2v) is 9.55. The number of anilines is 3. The van der Waals surface area contributed by atoms with Gasteiger partial charge in [-0.05, 0) is 51.4 Å². The van der Waals surface area contributed by atoms with Gasteiger partial charge in [-0.25, -0.2) is 0 Å². The number of aromatic nitrogens is 5. The van der Waals surface area contributed by atoms with Crippen LogP contribution >= 0.6 is 11.8 Å². The van der Waals surface area contributed by atoms with Crippen molar-refractivity contribution in [3.8, 4) is 0 Å². The highest BCUT2D eigenvalue weighted by Crippen LogP contribution is 2.22. The SMILES string of the molecule is CSCCCn1cc(CNc2nc(NC3CCNCC3)cc(N3CCN(C)CC3)n2)nn1. The molecule has 10 nitrogen and oxygen atoms in total. The van der Waals surface area contributed by atoms with Crippen molar-refractivity contribution in [1.29, 1.82) is 0 Å². The number of rotatable bonds is 10. The van der Waals surface area contributed by atoms with Crippen LogP contribution in [-0.4, -0.2) is 94.2 Å². The van der Waals surface area contributed by atoms with Crippen LogP contribution in [0.25, 0.3) is 0 Å². The third-order valence-corrected chi connectivity index (χ3v) is 6.68. The number of likely N-dealkylation sites (N-methyl/N-ethyl adjacent to an activating group) is 1. The fourth-order valence-corrected chi connectivity index (χ4v) is 4.45. The molecule has 32 heavy (non-hydrogen) atoms. The topological polar surface area (TPSA) is 99.1 Å². The number of nitrogens with zero attached hydrogens (tertiary/aromatic N) is 7. The van der Waals surface area contributed by atoms with Gasteiger partial charge in [0, 0.05) is 44.8 Å². The zero-order valence-electron chi connectivity index (χ0n) is 19.3. The average Bonchev–Trinajstić information content (AvgIpc) is 3.27. The van der Waals surface area contributed by atoms with E-state index in [0.717, 1.165) is 88.2 Å². The normalized spacial score (nSPS) is 18.1. The summed E-state index contributed by atoms with van der Waals surface area (Å²) in [5.41, 5.74) is 0.899. The molecule has 0 aliphatic carbocycles. The van der Waals surface area contributed by atoms with Crippen molar-refractivity contribution >= 4 is 29.3 Å². The van der Waals surface area contributed by atoms with Crippen LogP contribution in [0.2, 0.25) is 0 Å². The Bertz CT molecular complexity index is 830. The van der Waals surface area contributed by atoms with Crippen LogP contribution in [0.3, 0.4) is 0 Å². The average molecular weight is 461 g/mol. The largest absolute Gasteiger partial charge is 0.367 e. The summed E-state index contributed by atoms with van der Waals surface area (Å²) in [4.78, 5) is 14.3. The van der Waals surface area contributed by atoms with Gasteiger partial charge in [-0.1, -0.05) is 5.21 Å². The van der Waals surface area contributed by atoms with Gasteiger partial charge in [0.25, 0.3) is 0 Å². The lowest BCUT2D eigenvalue weighted by atomic mass is 10.1. The molecular formula is C21H36N10S. The molecule has 2 aromatic heterocycles. The molecule has 0 unspecified atom stereocenters. The van der Waals surface area contributed by atoms with E-state index in [2.05, 4.69) is 55.4 Å². The lowest BCUT2D eigenvalue weighted by Crippen LogP contribution is -2.45. The van der Waals surface area contributed by atoms with E-state index >= 15 is 0 Å². The second kappa shape index (κ2) is 11.7. The van der Waals surface area contributed by atoms with Crippen molar-refractivity contribution in [2.45, 2.75) is 38.4 Å². The molecule has 0 saturated carbocycles. The van der Waals surface area contributed by atoms with Gasteiger partial charge < -0.3 is 25.8 Å². The van der Waals surface area contributed by atoms with Crippen LogP contribution in [0.15, 0.2) is 12.3 Å². The fourth-order valence-electron chi connectivity index (χ4n) is 4.03. The molecule has 4 heterocycles. The molecule has 2 aliphatic rings. The maximum atomic E-state index is 4.83. The molecule has 11 heteroatoms. The van der Waals surface area contributed by atoms with Gasteiger partial charge in [-0.15, -0.1) is 5.10 Å². The minimum Gasteiger partial charge on any atom is -0.367 e. The van der Waals surface area contributed by atoms with E-state index in [9.17, 15) is 0 Å². The van der Waals surface area contributed by atoms with E-state index in [1.165, 1.54) is 0 Å². The third kappa shape index (κ3) is 6.69. The predicted molar refractivity (Wildman–Crippen MR) is 132 cm³/mol. The van der Waals surface area contributed by atoms with Crippen molar-refractivity contribution in [2.75, 3.05) is 73.9 Å². The molecular weight excluding hydrogens is 424 g/mol. The minimum atomic E-state index is 0.445. The Morgan fingerprint density at radius 3 is 2.75 bits per heavy atom. The van der Waals surface area contributed by atoms with Gasteiger partial charge in [0.05, 0.1) is 12.7 Å². The van der Waals surface area contributed by atoms with E-state index in [4.69, 9.17) is 9.97 Å². The zero-order chi connectivity index (χ0) is 22.2. The second-order valence-electron chi connectivity index (χ2n) is 8.57. The summed E-state index contributed by atoms with van der Waals surface area (Å²) in [5.74, 6) is 3.64. The summed E-state index contributed by atoms with van der Waals surface area (Å²) >= 11 is 1.86. The van der Waals surface area contributed by atoms with Crippen molar-refractivity contribution in [2.24, 2.45) is 0 Å². The van der Waals surface area contributed by atoms with Gasteiger partial charge in [0.1, 0.15) is 17.3 Å². The summed E-state index contributed by atoms with van der Waals surface area (Å²) < 4.78 is 1.92. The number of hydrogen-bond donors (Lipinski definition) is 3. The molecule has 0 amide bonds. The number of thioether (sulfide) groups is 1. The van der Waals surface area contributed by atoms with E-state index in [1.54, 1.807) is 0 Å². The number of piperazine rings is 1. The lowest BCUT2D eigenvalue weighted by Gasteiger charge is -2.33. The molecule has 4 rings (SSSR count). The Morgan fingerprint density at radius 1 is 1.16 bits per heavy atom. The highest BCUT2D eigenvalue weighted by atomic mass is 32.2. The molecule has 0 spiro atoms. The molecule has 2 aromatic rings. The molecule has 176 valence electrons. The highest BCUT2D eigenvalue weighted by Gasteiger charge is 2.19. The van der Waals surface area contributed by atoms with E-state index < -0.39 is 0 Å². The Balaban J connectivity index is 1.43. The first-order valence-corrected chi connectivity index (χ1v) is 13.0. The van der Waals surface area contributed by atoms with Gasteiger partial charge >= 0.3 is 0 Å². The highest BCUT2D eigenvalue weighted by molar-refractivity contribution is 7.98. The number of aryl methyl sites for hydroxylation is 1. The van der Waals surface area contributed by atoms with E-state index in [0.29, 0.717) is 18.5 Å². The van der Waals surface area contributed by atoms with Gasteiger partial charge in [0.2, 0.25) is 5.95 Å². The lowest BCUT2D eigenvalue weighted by molar-refractivity contribution is 0.312. The first kappa shape index (κ1) is 23.1. The number of hydrogen-bond acceptors (Lipinski definition) is 10. The predicted octanol–water partition coefficient (Wildman–Crippen LogP) is 1.35. The minimum absolute atomic E-state index is 0.445. The van der Waals surface area contributed by atoms with Crippen molar-refractivity contribution in [3.05, 3.63) is 18.0 Å². The maximum Gasteiger partial charge on any atom is 0.226 e. The molecule has 2 fully saturated rings. The Kier molecular flexibility index (Phi) is 8.41. The molecule has 0 aromatic carbocycles. The molecule has 2 saturated heterocycles. The van der Waals surface area contributed by atoms with Crippen molar-refractivity contribution in [1.82, 2.24) is 35.2 Å². The van der Waals surface area contributed by atoms with Crippen LogP contribution in [0, 0.1) is 0 Å². The summed E-state index contributed by atoms with van der Waals surface area (Å²) in [6.07, 6.45) is 7.44. The summed E-state index contributed by atoms with van der Waals surface area (Å²) in [5, 5.41) is 19.0. The standard InChI is InChI=1S/C21H36N10S/c1-29-9-11-30(12-10-29)20-14-19(24-17-4-6-22-7-5-17)25-21(26-20)23-15-18-16-31(28-27-18)8-3-13-32-2/h14,16-17,22H,3-13,15H2,1-2H3,(H2,23,24,25,26). The molecule has 2 aliphatic heterocycles. The quantitative estimate of drug-likeness (QED) is 0.451.